The quantitative estimate of drug-likeness (QED) is 0.625. The molecular weight excluding hydrogens is 266 g/mol. The van der Waals surface area contributed by atoms with Gasteiger partial charge in [0.2, 0.25) is 0 Å². The van der Waals surface area contributed by atoms with Crippen molar-refractivity contribution in [2.24, 2.45) is 0 Å². The number of hydrogen-bond acceptors (Lipinski definition) is 4. The van der Waals surface area contributed by atoms with Crippen molar-refractivity contribution in [3.05, 3.63) is 18.0 Å². The highest BCUT2D eigenvalue weighted by molar-refractivity contribution is 8.13. The van der Waals surface area contributed by atoms with E-state index in [-0.39, 0.29) is 16.6 Å². The van der Waals surface area contributed by atoms with E-state index in [4.69, 9.17) is 10.7 Å². The molecule has 0 bridgehead atoms. The molecule has 0 unspecified atom stereocenters. The van der Waals surface area contributed by atoms with E-state index in [9.17, 15) is 13.2 Å². The lowest BCUT2D eigenvalue weighted by Gasteiger charge is -2.28. The molecule has 0 atom stereocenters. The van der Waals surface area contributed by atoms with E-state index in [0.717, 1.165) is 19.3 Å². The summed E-state index contributed by atoms with van der Waals surface area (Å²) in [6, 6.07) is 1.42. The first kappa shape index (κ1) is 12.4. The Hall–Kier alpha value is -1.01. The van der Waals surface area contributed by atoms with Crippen molar-refractivity contribution in [1.29, 1.82) is 0 Å². The molecular formula is C10H12ClNO4S. The summed E-state index contributed by atoms with van der Waals surface area (Å²) < 4.78 is 28.7. The molecule has 0 N–H and O–H groups in total. The molecule has 0 aromatic carbocycles. The summed E-state index contributed by atoms with van der Waals surface area (Å²) >= 11 is 0. The number of ether oxygens (including phenoxy) is 1. The van der Waals surface area contributed by atoms with Crippen LogP contribution in [0.3, 0.4) is 0 Å². The zero-order chi connectivity index (χ0) is 12.6. The van der Waals surface area contributed by atoms with Crippen LogP contribution in [0, 0.1) is 0 Å². The molecule has 0 aliphatic heterocycles. The van der Waals surface area contributed by atoms with Crippen LogP contribution in [0.1, 0.15) is 35.8 Å². The van der Waals surface area contributed by atoms with E-state index in [1.165, 1.54) is 19.4 Å². The first-order chi connectivity index (χ1) is 7.93. The van der Waals surface area contributed by atoms with E-state index in [2.05, 4.69) is 4.74 Å². The summed E-state index contributed by atoms with van der Waals surface area (Å²) in [6.07, 6.45) is 4.34. The number of nitrogens with zero attached hydrogens (tertiary/aromatic N) is 1. The maximum atomic E-state index is 11.5. The maximum absolute atomic E-state index is 11.5. The Morgan fingerprint density at radius 2 is 2.18 bits per heavy atom. The largest absolute Gasteiger partial charge is 0.464 e. The Morgan fingerprint density at radius 3 is 2.59 bits per heavy atom. The van der Waals surface area contributed by atoms with Crippen molar-refractivity contribution in [3.63, 3.8) is 0 Å². The van der Waals surface area contributed by atoms with Crippen molar-refractivity contribution >= 4 is 25.7 Å². The van der Waals surface area contributed by atoms with Crippen LogP contribution in [-0.2, 0) is 13.8 Å². The first-order valence-electron chi connectivity index (χ1n) is 5.18. The van der Waals surface area contributed by atoms with Crippen LogP contribution in [0.15, 0.2) is 17.2 Å². The number of hydrogen-bond donors (Lipinski definition) is 0. The van der Waals surface area contributed by atoms with Gasteiger partial charge in [0, 0.05) is 22.9 Å². The van der Waals surface area contributed by atoms with E-state index < -0.39 is 15.0 Å². The van der Waals surface area contributed by atoms with Gasteiger partial charge in [-0.15, -0.1) is 0 Å². The van der Waals surface area contributed by atoms with Gasteiger partial charge in [0.05, 0.1) is 7.11 Å². The minimum Gasteiger partial charge on any atom is -0.464 e. The molecule has 17 heavy (non-hydrogen) atoms. The molecule has 1 heterocycles. The smallest absolute Gasteiger partial charge is 0.354 e. The average molecular weight is 278 g/mol. The Balaban J connectivity index is 2.47. The molecule has 1 aromatic rings. The van der Waals surface area contributed by atoms with Crippen molar-refractivity contribution in [2.75, 3.05) is 7.11 Å². The zero-order valence-electron chi connectivity index (χ0n) is 9.22. The molecule has 5 nitrogen and oxygen atoms in total. The van der Waals surface area contributed by atoms with Crippen LogP contribution in [0.25, 0.3) is 0 Å². The third-order valence-corrected chi connectivity index (χ3v) is 4.29. The molecule has 1 fully saturated rings. The third-order valence-electron chi connectivity index (χ3n) is 2.97. The number of carbonyl (C=O) groups excluding carboxylic acids is 1. The van der Waals surface area contributed by atoms with Gasteiger partial charge in [-0.2, -0.15) is 0 Å². The topological polar surface area (TPSA) is 65.4 Å². The van der Waals surface area contributed by atoms with Gasteiger partial charge in [-0.25, -0.2) is 13.2 Å². The molecule has 1 aromatic heterocycles. The van der Waals surface area contributed by atoms with Crippen LogP contribution in [0.5, 0.6) is 0 Å². The monoisotopic (exact) mass is 277 g/mol. The summed E-state index contributed by atoms with van der Waals surface area (Å²) in [7, 11) is 2.70. The second-order valence-electron chi connectivity index (χ2n) is 3.98. The Bertz CT molecular complexity index is 545. The fourth-order valence-electron chi connectivity index (χ4n) is 1.82. The van der Waals surface area contributed by atoms with Crippen LogP contribution in [0.4, 0.5) is 0 Å². The van der Waals surface area contributed by atoms with Gasteiger partial charge in [-0.3, -0.25) is 0 Å². The fraction of sp³-hybridized carbons (Fsp3) is 0.500. The number of esters is 1. The number of methoxy groups -OCH3 is 1. The maximum Gasteiger partial charge on any atom is 0.354 e. The summed E-state index contributed by atoms with van der Waals surface area (Å²) in [5, 5.41) is 0. The van der Waals surface area contributed by atoms with Crippen LogP contribution in [-0.4, -0.2) is 26.1 Å². The van der Waals surface area contributed by atoms with E-state index in [1.807, 2.05) is 0 Å². The fourth-order valence-corrected chi connectivity index (χ4v) is 2.57. The van der Waals surface area contributed by atoms with Gasteiger partial charge >= 0.3 is 5.97 Å². The lowest BCUT2D eigenvalue weighted by molar-refractivity contribution is 0.0582. The average Bonchev–Trinajstić information content (AvgIpc) is 2.58. The summed E-state index contributed by atoms with van der Waals surface area (Å²) in [5.74, 6) is -0.552. The molecule has 94 valence electrons. The molecule has 1 aliphatic carbocycles. The van der Waals surface area contributed by atoms with Crippen molar-refractivity contribution in [3.8, 4) is 0 Å². The van der Waals surface area contributed by atoms with E-state index in [1.54, 1.807) is 4.57 Å². The van der Waals surface area contributed by atoms with Crippen molar-refractivity contribution in [2.45, 2.75) is 30.2 Å². The van der Waals surface area contributed by atoms with Gasteiger partial charge in [0.25, 0.3) is 9.05 Å². The normalized spacial score (nSPS) is 16.6. The van der Waals surface area contributed by atoms with Crippen LogP contribution < -0.4 is 0 Å². The lowest BCUT2D eigenvalue weighted by atomic mass is 9.93. The van der Waals surface area contributed by atoms with Crippen LogP contribution in [0.2, 0.25) is 0 Å². The van der Waals surface area contributed by atoms with E-state index in [0.29, 0.717) is 0 Å². The molecule has 0 radical (unpaired) electrons. The van der Waals surface area contributed by atoms with Gasteiger partial charge < -0.3 is 9.30 Å². The number of rotatable bonds is 3. The minimum absolute atomic E-state index is 0.0635. The van der Waals surface area contributed by atoms with Crippen molar-refractivity contribution in [1.82, 2.24) is 4.57 Å². The lowest BCUT2D eigenvalue weighted by Crippen LogP contribution is -2.20. The summed E-state index contributed by atoms with van der Waals surface area (Å²) in [4.78, 5) is 11.5. The predicted molar refractivity (Wildman–Crippen MR) is 61.7 cm³/mol. The standard InChI is InChI=1S/C10H12ClNO4S/c1-16-10(13)9-5-8(17(11,14)15)6-12(9)7-3-2-4-7/h5-7H,2-4H2,1H3. The van der Waals surface area contributed by atoms with Gasteiger partial charge in [0.15, 0.2) is 0 Å². The van der Waals surface area contributed by atoms with Crippen LogP contribution >= 0.6 is 10.7 Å². The Labute approximate surface area is 104 Å². The second-order valence-corrected chi connectivity index (χ2v) is 6.55. The molecule has 2 rings (SSSR count). The zero-order valence-corrected chi connectivity index (χ0v) is 10.8. The highest BCUT2D eigenvalue weighted by Gasteiger charge is 2.27. The van der Waals surface area contributed by atoms with E-state index >= 15 is 0 Å². The predicted octanol–water partition coefficient (Wildman–Crippen LogP) is 1.93. The Morgan fingerprint density at radius 1 is 1.53 bits per heavy atom. The molecule has 7 heteroatoms. The highest BCUT2D eigenvalue weighted by atomic mass is 35.7. The molecule has 0 spiro atoms. The molecule has 1 saturated carbocycles. The SMILES string of the molecule is COC(=O)c1cc(S(=O)(=O)Cl)cn1C1CCC1. The number of carbonyl (C=O) groups is 1. The summed E-state index contributed by atoms with van der Waals surface area (Å²) in [6.45, 7) is 0. The van der Waals surface area contributed by atoms with Gasteiger partial charge in [0.1, 0.15) is 10.6 Å². The number of aromatic nitrogens is 1. The van der Waals surface area contributed by atoms with Gasteiger partial charge in [-0.1, -0.05) is 0 Å². The summed E-state index contributed by atoms with van der Waals surface area (Å²) in [5.41, 5.74) is 0.233. The molecule has 0 amide bonds. The first-order valence-corrected chi connectivity index (χ1v) is 7.49. The van der Waals surface area contributed by atoms with Gasteiger partial charge in [-0.05, 0) is 25.3 Å². The minimum atomic E-state index is -3.82. The third kappa shape index (κ3) is 2.32. The molecule has 1 aliphatic rings. The second kappa shape index (κ2) is 4.34. The highest BCUT2D eigenvalue weighted by Crippen LogP contribution is 2.34. The molecule has 0 saturated heterocycles. The van der Waals surface area contributed by atoms with Crippen molar-refractivity contribution < 1.29 is 17.9 Å². The Kier molecular flexibility index (Phi) is 3.18. The number of halogens is 1.